The van der Waals surface area contributed by atoms with Crippen LogP contribution in [0.25, 0.3) is 0 Å². The van der Waals surface area contributed by atoms with Crippen LogP contribution in [0.15, 0.2) is 54.6 Å². The van der Waals surface area contributed by atoms with Crippen LogP contribution in [0.3, 0.4) is 0 Å². The molecule has 0 amide bonds. The largest absolute Gasteiger partial charge is 0.461 e. The lowest BCUT2D eigenvalue weighted by molar-refractivity contribution is -0.239. The van der Waals surface area contributed by atoms with E-state index in [0.717, 1.165) is 5.56 Å². The van der Waals surface area contributed by atoms with Crippen molar-refractivity contribution >= 4 is 17.5 Å². The number of thiocarbonyl (C=S) groups is 1. The first-order valence-corrected chi connectivity index (χ1v) is 8.58. The molecule has 0 saturated carbocycles. The zero-order valence-corrected chi connectivity index (χ0v) is 15.0. The highest BCUT2D eigenvalue weighted by Crippen LogP contribution is 2.23. The van der Waals surface area contributed by atoms with Gasteiger partial charge in [-0.3, -0.25) is 0 Å². The first-order valence-electron chi connectivity index (χ1n) is 8.17. The van der Waals surface area contributed by atoms with Crippen LogP contribution in [-0.4, -0.2) is 46.7 Å². The van der Waals surface area contributed by atoms with Crippen molar-refractivity contribution in [2.75, 3.05) is 6.61 Å². The summed E-state index contributed by atoms with van der Waals surface area (Å²) < 4.78 is 22.2. The molecule has 1 fully saturated rings. The number of ether oxygens (including phenoxy) is 4. The third kappa shape index (κ3) is 4.70. The molecule has 0 radical (unpaired) electrons. The fourth-order valence-electron chi connectivity index (χ4n) is 2.46. The van der Waals surface area contributed by atoms with Crippen molar-refractivity contribution in [1.29, 1.82) is 0 Å². The van der Waals surface area contributed by atoms with Gasteiger partial charge >= 0.3 is 5.24 Å². The molecule has 0 unspecified atom stereocenters. The Kier molecular flexibility index (Phi) is 6.05. The van der Waals surface area contributed by atoms with Gasteiger partial charge in [-0.1, -0.05) is 35.9 Å². The molecule has 0 aliphatic carbocycles. The highest BCUT2D eigenvalue weighted by atomic mass is 32.1. The van der Waals surface area contributed by atoms with Gasteiger partial charge in [0.25, 0.3) is 0 Å². The third-order valence-corrected chi connectivity index (χ3v) is 4.06. The number of aliphatic hydroxyl groups is 2. The van der Waals surface area contributed by atoms with Crippen molar-refractivity contribution in [2.45, 2.75) is 31.5 Å². The van der Waals surface area contributed by atoms with Crippen molar-refractivity contribution in [3.63, 3.8) is 0 Å². The molecule has 1 saturated heterocycles. The van der Waals surface area contributed by atoms with Crippen molar-refractivity contribution in [3.05, 3.63) is 60.2 Å². The number of hydrogen-bond acceptors (Lipinski definition) is 7. The van der Waals surface area contributed by atoms with Crippen LogP contribution in [-0.2, 0) is 9.47 Å². The molecule has 2 N–H and O–H groups in total. The van der Waals surface area contributed by atoms with Crippen molar-refractivity contribution in [2.24, 2.45) is 0 Å². The molecular weight excluding hydrogens is 356 g/mol. The Balaban J connectivity index is 1.68. The molecule has 1 aliphatic rings. The SMILES string of the molecule is Cc1ccc(OC(=S)O[C@H]2[C@@H](Oc3ccccc3)OC[C@@H](O)[C@@H]2O)cc1. The molecule has 2 aromatic carbocycles. The second kappa shape index (κ2) is 8.46. The highest BCUT2D eigenvalue weighted by molar-refractivity contribution is 7.79. The van der Waals surface area contributed by atoms with E-state index in [1.165, 1.54) is 0 Å². The summed E-state index contributed by atoms with van der Waals surface area (Å²) in [6.07, 6.45) is -4.35. The van der Waals surface area contributed by atoms with Gasteiger partial charge in [0.2, 0.25) is 6.29 Å². The maximum absolute atomic E-state index is 10.3. The molecule has 0 bridgehead atoms. The van der Waals surface area contributed by atoms with Crippen LogP contribution < -0.4 is 9.47 Å². The Morgan fingerprint density at radius 1 is 1.04 bits per heavy atom. The zero-order valence-electron chi connectivity index (χ0n) is 14.1. The number of hydrogen-bond donors (Lipinski definition) is 2. The molecule has 138 valence electrons. The van der Waals surface area contributed by atoms with E-state index in [0.29, 0.717) is 11.5 Å². The van der Waals surface area contributed by atoms with Crippen LogP contribution >= 0.6 is 12.2 Å². The maximum Gasteiger partial charge on any atom is 0.358 e. The van der Waals surface area contributed by atoms with E-state index in [1.54, 1.807) is 24.3 Å². The van der Waals surface area contributed by atoms with Crippen molar-refractivity contribution in [1.82, 2.24) is 0 Å². The topological polar surface area (TPSA) is 77.4 Å². The monoisotopic (exact) mass is 376 g/mol. The Hall–Kier alpha value is -2.19. The normalized spacial score (nSPS) is 25.3. The minimum absolute atomic E-state index is 0.0793. The van der Waals surface area contributed by atoms with E-state index in [1.807, 2.05) is 37.3 Å². The number of benzene rings is 2. The van der Waals surface area contributed by atoms with E-state index in [4.69, 9.17) is 31.2 Å². The van der Waals surface area contributed by atoms with Crippen molar-refractivity contribution < 1.29 is 29.2 Å². The van der Waals surface area contributed by atoms with Crippen molar-refractivity contribution in [3.8, 4) is 11.5 Å². The average Bonchev–Trinajstić information content (AvgIpc) is 2.64. The predicted molar refractivity (Wildman–Crippen MR) is 98.1 cm³/mol. The van der Waals surface area contributed by atoms with Gasteiger partial charge in [-0.25, -0.2) is 0 Å². The molecule has 2 aromatic rings. The smallest absolute Gasteiger partial charge is 0.358 e. The Morgan fingerprint density at radius 2 is 1.73 bits per heavy atom. The Labute approximate surface area is 156 Å². The fraction of sp³-hybridized carbons (Fsp3) is 0.316. The minimum Gasteiger partial charge on any atom is -0.461 e. The molecule has 1 aliphatic heterocycles. The van der Waals surface area contributed by atoms with Gasteiger partial charge in [0, 0.05) is 12.2 Å². The lowest BCUT2D eigenvalue weighted by Crippen LogP contribution is -2.56. The summed E-state index contributed by atoms with van der Waals surface area (Å²) in [6.45, 7) is 1.88. The number of aryl methyl sites for hydroxylation is 1. The maximum atomic E-state index is 10.3. The third-order valence-electron chi connectivity index (χ3n) is 3.88. The fourth-order valence-corrected chi connectivity index (χ4v) is 2.67. The summed E-state index contributed by atoms with van der Waals surface area (Å²) in [5.41, 5.74) is 1.08. The molecule has 6 nitrogen and oxygen atoms in total. The van der Waals surface area contributed by atoms with Gasteiger partial charge in [0.15, 0.2) is 6.10 Å². The Bertz CT molecular complexity index is 721. The summed E-state index contributed by atoms with van der Waals surface area (Å²) in [7, 11) is 0. The second-order valence-electron chi connectivity index (χ2n) is 5.94. The molecule has 26 heavy (non-hydrogen) atoms. The van der Waals surface area contributed by atoms with Gasteiger partial charge in [-0.05, 0) is 31.2 Å². The zero-order chi connectivity index (χ0) is 18.5. The van der Waals surface area contributed by atoms with Crippen LogP contribution in [0.4, 0.5) is 0 Å². The van der Waals surface area contributed by atoms with Crippen LogP contribution in [0.2, 0.25) is 0 Å². The van der Waals surface area contributed by atoms with Gasteiger partial charge in [-0.2, -0.15) is 0 Å². The summed E-state index contributed by atoms with van der Waals surface area (Å²) >= 11 is 5.11. The average molecular weight is 376 g/mol. The number of aliphatic hydroxyl groups excluding tert-OH is 2. The number of rotatable bonds is 4. The highest BCUT2D eigenvalue weighted by Gasteiger charge is 2.43. The lowest BCUT2D eigenvalue weighted by Gasteiger charge is -2.37. The summed E-state index contributed by atoms with van der Waals surface area (Å²) in [4.78, 5) is 0. The first kappa shape index (κ1) is 18.6. The number of para-hydroxylation sites is 1. The summed E-state index contributed by atoms with van der Waals surface area (Å²) in [5, 5.41) is 20.0. The molecule has 3 rings (SSSR count). The lowest BCUT2D eigenvalue weighted by atomic mass is 10.1. The van der Waals surface area contributed by atoms with E-state index < -0.39 is 24.6 Å². The Morgan fingerprint density at radius 3 is 2.42 bits per heavy atom. The van der Waals surface area contributed by atoms with Gasteiger partial charge in [0.05, 0.1) is 6.61 Å². The summed E-state index contributed by atoms with van der Waals surface area (Å²) in [5.74, 6) is 1.05. The first-order chi connectivity index (χ1) is 12.5. The van der Waals surface area contributed by atoms with Crippen LogP contribution in [0.1, 0.15) is 5.56 Å². The van der Waals surface area contributed by atoms with E-state index >= 15 is 0 Å². The summed E-state index contributed by atoms with van der Waals surface area (Å²) in [6, 6.07) is 16.2. The molecule has 0 spiro atoms. The minimum atomic E-state index is -1.24. The standard InChI is InChI=1S/C19H20O6S/c1-12-7-9-14(10-8-12)24-19(26)25-17-16(21)15(20)11-22-18(17)23-13-5-3-2-4-6-13/h2-10,15-18,20-21H,11H2,1H3/t15-,16+,17-,18-/m1/s1. The van der Waals surface area contributed by atoms with Gasteiger partial charge < -0.3 is 29.2 Å². The van der Waals surface area contributed by atoms with Gasteiger partial charge in [-0.15, -0.1) is 0 Å². The van der Waals surface area contributed by atoms with Gasteiger partial charge in [0.1, 0.15) is 23.7 Å². The van der Waals surface area contributed by atoms with Crippen LogP contribution in [0, 0.1) is 6.92 Å². The molecule has 7 heteroatoms. The molecule has 0 aromatic heterocycles. The van der Waals surface area contributed by atoms with E-state index in [-0.39, 0.29) is 11.8 Å². The van der Waals surface area contributed by atoms with E-state index in [2.05, 4.69) is 0 Å². The van der Waals surface area contributed by atoms with Crippen LogP contribution in [0.5, 0.6) is 11.5 Å². The molecular formula is C19H20O6S. The molecule has 1 heterocycles. The quantitative estimate of drug-likeness (QED) is 0.792. The second-order valence-corrected chi connectivity index (χ2v) is 6.27. The predicted octanol–water partition coefficient (Wildman–Crippen LogP) is 2.20. The molecule has 4 atom stereocenters. The van der Waals surface area contributed by atoms with E-state index in [9.17, 15) is 10.2 Å².